The lowest BCUT2D eigenvalue weighted by Gasteiger charge is -2.44. The number of anilines is 1. The quantitative estimate of drug-likeness (QED) is 0.568. The van der Waals surface area contributed by atoms with Crippen LogP contribution in [0, 0.1) is 30.6 Å². The minimum atomic E-state index is -4.64. The van der Waals surface area contributed by atoms with E-state index in [1.807, 2.05) is 45.9 Å². The van der Waals surface area contributed by atoms with Crippen LogP contribution in [0.25, 0.3) is 0 Å². The summed E-state index contributed by atoms with van der Waals surface area (Å²) in [6.07, 6.45) is -4.05. The van der Waals surface area contributed by atoms with Crippen LogP contribution in [-0.2, 0) is 11.0 Å². The highest BCUT2D eigenvalue weighted by Gasteiger charge is 2.46. The van der Waals surface area contributed by atoms with Crippen molar-refractivity contribution < 1.29 is 18.0 Å². The number of Topliss-reactive ketones (excluding diaryl/α,β-unsaturated/α-hetero) is 1. The maximum atomic E-state index is 14.0. The van der Waals surface area contributed by atoms with Crippen LogP contribution in [0.4, 0.5) is 18.9 Å². The SMILES string of the molecule is Cc1ccc(C)c(C2C(C#N)=C(N)N(c3ccccc3C(F)(F)F)C3=C2C(=O)CC(C)(C)C3)c1. The Morgan fingerprint density at radius 2 is 1.79 bits per heavy atom. The number of carbonyl (C=O) groups excluding carboxylic acids is 1. The Morgan fingerprint density at radius 1 is 1.12 bits per heavy atom. The van der Waals surface area contributed by atoms with E-state index in [9.17, 15) is 23.2 Å². The fourth-order valence-corrected chi connectivity index (χ4v) is 5.07. The molecule has 1 unspecified atom stereocenters. The Labute approximate surface area is 197 Å². The van der Waals surface area contributed by atoms with Gasteiger partial charge in [-0.3, -0.25) is 9.69 Å². The van der Waals surface area contributed by atoms with Crippen molar-refractivity contribution in [2.24, 2.45) is 11.1 Å². The van der Waals surface area contributed by atoms with Crippen LogP contribution in [0.3, 0.4) is 0 Å². The van der Waals surface area contributed by atoms with Gasteiger partial charge >= 0.3 is 6.18 Å². The first kappa shape index (κ1) is 23.6. The predicted octanol–water partition coefficient (Wildman–Crippen LogP) is 6.26. The molecule has 0 saturated heterocycles. The van der Waals surface area contributed by atoms with E-state index in [-0.39, 0.29) is 29.3 Å². The number of hydrogen-bond donors (Lipinski definition) is 1. The molecule has 0 saturated carbocycles. The first-order chi connectivity index (χ1) is 15.9. The second-order valence-electron chi connectivity index (χ2n) is 9.86. The molecule has 34 heavy (non-hydrogen) atoms. The summed E-state index contributed by atoms with van der Waals surface area (Å²) in [5, 5.41) is 10.2. The van der Waals surface area contributed by atoms with Gasteiger partial charge in [0.15, 0.2) is 5.78 Å². The number of ketones is 1. The third kappa shape index (κ3) is 3.87. The predicted molar refractivity (Wildman–Crippen MR) is 124 cm³/mol. The molecular weight excluding hydrogens is 439 g/mol. The molecule has 2 aromatic carbocycles. The minimum absolute atomic E-state index is 0.0747. The van der Waals surface area contributed by atoms with E-state index in [4.69, 9.17) is 5.73 Å². The number of nitrogens with zero attached hydrogens (tertiary/aromatic N) is 2. The molecule has 2 aliphatic rings. The summed E-state index contributed by atoms with van der Waals surface area (Å²) in [4.78, 5) is 14.9. The van der Waals surface area contributed by atoms with Gasteiger partial charge in [0, 0.05) is 17.7 Å². The molecule has 1 atom stereocenters. The van der Waals surface area contributed by atoms with Gasteiger partial charge in [-0.15, -0.1) is 0 Å². The molecule has 1 aliphatic heterocycles. The van der Waals surface area contributed by atoms with Gasteiger partial charge in [-0.1, -0.05) is 49.7 Å². The first-order valence-electron chi connectivity index (χ1n) is 11.0. The van der Waals surface area contributed by atoms with Crippen LogP contribution in [0.15, 0.2) is 65.1 Å². The number of nitriles is 1. The van der Waals surface area contributed by atoms with E-state index in [1.165, 1.54) is 23.1 Å². The second-order valence-corrected chi connectivity index (χ2v) is 9.86. The van der Waals surface area contributed by atoms with Crippen LogP contribution in [-0.4, -0.2) is 5.78 Å². The van der Waals surface area contributed by atoms with Crippen molar-refractivity contribution in [1.82, 2.24) is 0 Å². The topological polar surface area (TPSA) is 70.1 Å². The lowest BCUT2D eigenvalue weighted by atomic mass is 9.68. The molecule has 4 rings (SSSR count). The maximum Gasteiger partial charge on any atom is 0.418 e. The number of carbonyl (C=O) groups is 1. The Bertz CT molecular complexity index is 1290. The van der Waals surface area contributed by atoms with Crippen LogP contribution in [0.2, 0.25) is 0 Å². The molecule has 7 heteroatoms. The van der Waals surface area contributed by atoms with E-state index >= 15 is 0 Å². The van der Waals surface area contributed by atoms with E-state index in [0.29, 0.717) is 17.7 Å². The van der Waals surface area contributed by atoms with Gasteiger partial charge in [0.1, 0.15) is 5.82 Å². The number of rotatable bonds is 2. The average molecular weight is 466 g/mol. The van der Waals surface area contributed by atoms with Gasteiger partial charge in [0.2, 0.25) is 0 Å². The molecule has 4 nitrogen and oxygen atoms in total. The van der Waals surface area contributed by atoms with Crippen molar-refractivity contribution in [3.63, 3.8) is 0 Å². The second kappa shape index (κ2) is 8.05. The third-order valence-corrected chi connectivity index (χ3v) is 6.58. The Hall–Kier alpha value is -3.53. The number of para-hydroxylation sites is 1. The summed E-state index contributed by atoms with van der Waals surface area (Å²) >= 11 is 0. The third-order valence-electron chi connectivity index (χ3n) is 6.58. The van der Waals surface area contributed by atoms with Gasteiger partial charge in [0.25, 0.3) is 0 Å². The van der Waals surface area contributed by atoms with Crippen molar-refractivity contribution in [1.29, 1.82) is 5.26 Å². The smallest absolute Gasteiger partial charge is 0.384 e. The zero-order chi connectivity index (χ0) is 25.0. The fourth-order valence-electron chi connectivity index (χ4n) is 5.07. The number of alkyl halides is 3. The van der Waals surface area contributed by atoms with Gasteiger partial charge in [-0.2, -0.15) is 18.4 Å². The summed E-state index contributed by atoms with van der Waals surface area (Å²) in [5.74, 6) is -0.973. The molecule has 0 aromatic heterocycles. The minimum Gasteiger partial charge on any atom is -0.384 e. The average Bonchev–Trinajstić information content (AvgIpc) is 2.73. The molecule has 2 aromatic rings. The molecule has 176 valence electrons. The van der Waals surface area contributed by atoms with Crippen LogP contribution in [0.5, 0.6) is 0 Å². The highest BCUT2D eigenvalue weighted by atomic mass is 19.4. The number of aryl methyl sites for hydroxylation is 2. The van der Waals surface area contributed by atoms with Crippen molar-refractivity contribution in [3.8, 4) is 6.07 Å². The Balaban J connectivity index is 2.08. The fraction of sp³-hybridized carbons (Fsp3) is 0.333. The molecule has 1 heterocycles. The maximum absolute atomic E-state index is 14.0. The zero-order valence-electron chi connectivity index (χ0n) is 19.5. The van der Waals surface area contributed by atoms with Gasteiger partial charge in [0.05, 0.1) is 28.8 Å². The van der Waals surface area contributed by atoms with E-state index in [1.54, 1.807) is 0 Å². The first-order valence-corrected chi connectivity index (χ1v) is 11.0. The number of benzene rings is 2. The summed E-state index contributed by atoms with van der Waals surface area (Å²) < 4.78 is 41.9. The van der Waals surface area contributed by atoms with Gasteiger partial charge in [-0.05, 0) is 48.9 Å². The normalized spacial score (nSPS) is 20.4. The molecule has 0 radical (unpaired) electrons. The monoisotopic (exact) mass is 465 g/mol. The molecule has 0 fully saturated rings. The van der Waals surface area contributed by atoms with Gasteiger partial charge < -0.3 is 5.73 Å². The van der Waals surface area contributed by atoms with E-state index in [2.05, 4.69) is 6.07 Å². The van der Waals surface area contributed by atoms with Gasteiger partial charge in [-0.25, -0.2) is 0 Å². The largest absolute Gasteiger partial charge is 0.418 e. The molecular formula is C27H26F3N3O. The Morgan fingerprint density at radius 3 is 2.44 bits per heavy atom. The highest BCUT2D eigenvalue weighted by molar-refractivity contribution is 6.02. The van der Waals surface area contributed by atoms with Crippen molar-refractivity contribution in [2.45, 2.75) is 52.6 Å². The number of allylic oxidation sites excluding steroid dienone is 3. The number of halogens is 3. The lowest BCUT2D eigenvalue weighted by molar-refractivity contribution is -0.137. The summed E-state index contributed by atoms with van der Waals surface area (Å²) in [5.41, 5.74) is 8.44. The molecule has 0 bridgehead atoms. The standard InChI is InChI=1S/C27H26F3N3O/c1-15-9-10-16(2)17(11-15)23-18(14-31)25(32)33(20-8-6-5-7-19(20)27(28,29)30)21-12-26(3,4)13-22(34)24(21)23/h5-11,23H,12-13,32H2,1-4H3. The lowest BCUT2D eigenvalue weighted by Crippen LogP contribution is -2.42. The molecule has 0 amide bonds. The molecule has 2 N–H and O–H groups in total. The van der Waals surface area contributed by atoms with Crippen LogP contribution in [0.1, 0.15) is 54.9 Å². The van der Waals surface area contributed by atoms with Crippen LogP contribution >= 0.6 is 0 Å². The van der Waals surface area contributed by atoms with Crippen molar-refractivity contribution in [3.05, 3.63) is 87.4 Å². The zero-order valence-corrected chi connectivity index (χ0v) is 19.5. The van der Waals surface area contributed by atoms with E-state index < -0.39 is 23.1 Å². The summed E-state index contributed by atoms with van der Waals surface area (Å²) in [7, 11) is 0. The highest BCUT2D eigenvalue weighted by Crippen LogP contribution is 2.52. The molecule has 1 aliphatic carbocycles. The van der Waals surface area contributed by atoms with Crippen molar-refractivity contribution >= 4 is 11.5 Å². The summed E-state index contributed by atoms with van der Waals surface area (Å²) in [6.45, 7) is 7.63. The summed E-state index contributed by atoms with van der Waals surface area (Å²) in [6, 6.07) is 13.0. The number of nitrogens with two attached hydrogens (primary N) is 1. The van der Waals surface area contributed by atoms with Crippen LogP contribution < -0.4 is 10.6 Å². The molecule has 0 spiro atoms. The Kier molecular flexibility index (Phi) is 5.59. The van der Waals surface area contributed by atoms with Crippen molar-refractivity contribution in [2.75, 3.05) is 4.90 Å². The van der Waals surface area contributed by atoms with E-state index in [0.717, 1.165) is 22.8 Å². The number of hydrogen-bond acceptors (Lipinski definition) is 4.